The van der Waals surface area contributed by atoms with Gasteiger partial charge in [0.15, 0.2) is 0 Å². The zero-order valence-electron chi connectivity index (χ0n) is 18.2. The highest BCUT2D eigenvalue weighted by molar-refractivity contribution is 7.89. The Hall–Kier alpha value is -2.97. The molecular formula is C24H27N3O4S. The van der Waals surface area contributed by atoms with Crippen molar-refractivity contribution >= 4 is 16.0 Å². The quantitative estimate of drug-likeness (QED) is 0.522. The van der Waals surface area contributed by atoms with E-state index in [4.69, 9.17) is 15.0 Å². The van der Waals surface area contributed by atoms with Crippen LogP contribution in [0.1, 0.15) is 59.9 Å². The van der Waals surface area contributed by atoms with Crippen molar-refractivity contribution in [3.8, 4) is 11.1 Å². The highest BCUT2D eigenvalue weighted by Gasteiger charge is 2.34. The standard InChI is InChI=1S/C24H27N3O4S/c1-3-27-20(22(24(28)31-4-2)23(26-27)18-13-14-18)15-16-9-11-17(12-10-16)19-7-5-6-8-21(19)32(25,29)30/h5-12,18H,3-4,13-15H2,1-2H3,(H2,25,29,30). The molecule has 0 radical (unpaired) electrons. The first-order valence-electron chi connectivity index (χ1n) is 10.8. The second-order valence-electron chi connectivity index (χ2n) is 7.93. The highest BCUT2D eigenvalue weighted by Crippen LogP contribution is 2.42. The Balaban J connectivity index is 1.69. The van der Waals surface area contributed by atoms with Crippen LogP contribution in [0, 0.1) is 0 Å². The predicted molar refractivity (Wildman–Crippen MR) is 122 cm³/mol. The van der Waals surface area contributed by atoms with Gasteiger partial charge >= 0.3 is 5.97 Å². The van der Waals surface area contributed by atoms with Crippen LogP contribution in [0.15, 0.2) is 53.4 Å². The number of primary sulfonamides is 1. The molecule has 8 heteroatoms. The molecule has 32 heavy (non-hydrogen) atoms. The number of ether oxygens (including phenoxy) is 1. The number of aromatic nitrogens is 2. The monoisotopic (exact) mass is 453 g/mol. The molecule has 168 valence electrons. The van der Waals surface area contributed by atoms with Crippen molar-refractivity contribution < 1.29 is 17.9 Å². The van der Waals surface area contributed by atoms with E-state index in [0.29, 0.717) is 36.6 Å². The Morgan fingerprint density at radius 1 is 1.12 bits per heavy atom. The molecule has 1 aliphatic carbocycles. The number of benzene rings is 2. The minimum absolute atomic E-state index is 0.0930. The molecule has 0 aliphatic heterocycles. The molecule has 7 nitrogen and oxygen atoms in total. The number of aryl methyl sites for hydroxylation is 1. The Morgan fingerprint density at radius 2 is 1.81 bits per heavy atom. The fourth-order valence-corrected chi connectivity index (χ4v) is 4.74. The van der Waals surface area contributed by atoms with E-state index >= 15 is 0 Å². The summed E-state index contributed by atoms with van der Waals surface area (Å²) >= 11 is 0. The fraction of sp³-hybridized carbons (Fsp3) is 0.333. The SMILES string of the molecule is CCOC(=O)c1c(C2CC2)nn(CC)c1Cc1ccc(-c2ccccc2S(N)(=O)=O)cc1. The first kappa shape index (κ1) is 22.2. The van der Waals surface area contributed by atoms with Crippen LogP contribution in [0.25, 0.3) is 11.1 Å². The fourth-order valence-electron chi connectivity index (χ4n) is 3.98. The van der Waals surface area contributed by atoms with Crippen molar-refractivity contribution in [1.29, 1.82) is 0 Å². The maximum Gasteiger partial charge on any atom is 0.341 e. The van der Waals surface area contributed by atoms with Crippen LogP contribution in [0.2, 0.25) is 0 Å². The Kier molecular flexibility index (Phi) is 6.17. The summed E-state index contributed by atoms with van der Waals surface area (Å²) in [4.78, 5) is 12.9. The molecule has 0 spiro atoms. The first-order valence-corrected chi connectivity index (χ1v) is 12.4. The summed E-state index contributed by atoms with van der Waals surface area (Å²) in [6.07, 6.45) is 2.62. The molecule has 0 bridgehead atoms. The van der Waals surface area contributed by atoms with Crippen molar-refractivity contribution in [2.45, 2.75) is 50.5 Å². The molecule has 3 aromatic rings. The summed E-state index contributed by atoms with van der Waals surface area (Å²) < 4.78 is 31.1. The number of carbonyl (C=O) groups excluding carboxylic acids is 1. The van der Waals surface area contributed by atoms with E-state index < -0.39 is 10.0 Å². The van der Waals surface area contributed by atoms with Crippen LogP contribution in [0.4, 0.5) is 0 Å². The lowest BCUT2D eigenvalue weighted by Gasteiger charge is -2.11. The topological polar surface area (TPSA) is 104 Å². The predicted octanol–water partition coefficient (Wildman–Crippen LogP) is 3.86. The lowest BCUT2D eigenvalue weighted by Crippen LogP contribution is -2.13. The van der Waals surface area contributed by atoms with Gasteiger partial charge in [-0.25, -0.2) is 18.4 Å². The van der Waals surface area contributed by atoms with Crippen LogP contribution < -0.4 is 5.14 Å². The third-order valence-corrected chi connectivity index (χ3v) is 6.63. The van der Waals surface area contributed by atoms with Gasteiger partial charge in [-0.3, -0.25) is 4.68 Å². The summed E-state index contributed by atoms with van der Waals surface area (Å²) in [6, 6.07) is 14.3. The average Bonchev–Trinajstić information content (AvgIpc) is 3.55. The van der Waals surface area contributed by atoms with Crippen molar-refractivity contribution in [2.24, 2.45) is 5.14 Å². The summed E-state index contributed by atoms with van der Waals surface area (Å²) in [5.74, 6) is 0.0147. The van der Waals surface area contributed by atoms with Gasteiger partial charge in [-0.15, -0.1) is 0 Å². The maximum atomic E-state index is 12.8. The van der Waals surface area contributed by atoms with Gasteiger partial charge < -0.3 is 4.74 Å². The second-order valence-corrected chi connectivity index (χ2v) is 9.46. The van der Waals surface area contributed by atoms with Gasteiger partial charge in [0.25, 0.3) is 0 Å². The zero-order chi connectivity index (χ0) is 22.9. The van der Waals surface area contributed by atoms with Gasteiger partial charge in [0.05, 0.1) is 22.9 Å². The van der Waals surface area contributed by atoms with Crippen molar-refractivity contribution in [3.63, 3.8) is 0 Å². The third-order valence-electron chi connectivity index (χ3n) is 5.66. The number of hydrogen-bond acceptors (Lipinski definition) is 5. The van der Waals surface area contributed by atoms with E-state index in [1.165, 1.54) is 6.07 Å². The van der Waals surface area contributed by atoms with Crippen LogP contribution in [-0.4, -0.2) is 30.8 Å². The molecule has 0 amide bonds. The van der Waals surface area contributed by atoms with Gasteiger partial charge in [0.2, 0.25) is 10.0 Å². The molecule has 4 rings (SSSR count). The molecule has 1 aliphatic rings. The van der Waals surface area contributed by atoms with Gasteiger partial charge in [-0.1, -0.05) is 42.5 Å². The minimum atomic E-state index is -3.83. The van der Waals surface area contributed by atoms with E-state index in [-0.39, 0.29) is 10.9 Å². The Labute approximate surface area is 188 Å². The molecule has 0 saturated heterocycles. The van der Waals surface area contributed by atoms with Gasteiger partial charge in [0, 0.05) is 24.4 Å². The summed E-state index contributed by atoms with van der Waals surface area (Å²) in [6.45, 7) is 4.79. The summed E-state index contributed by atoms with van der Waals surface area (Å²) in [7, 11) is -3.83. The molecule has 1 fully saturated rings. The zero-order valence-corrected chi connectivity index (χ0v) is 19.1. The normalized spacial score (nSPS) is 13.8. The van der Waals surface area contributed by atoms with Gasteiger partial charge in [0.1, 0.15) is 5.56 Å². The maximum absolute atomic E-state index is 12.8. The summed E-state index contributed by atoms with van der Waals surface area (Å²) in [5.41, 5.74) is 4.60. The number of esters is 1. The summed E-state index contributed by atoms with van der Waals surface area (Å²) in [5, 5.41) is 10.1. The van der Waals surface area contributed by atoms with E-state index in [0.717, 1.165) is 35.4 Å². The molecule has 2 N–H and O–H groups in total. The number of carbonyl (C=O) groups is 1. The van der Waals surface area contributed by atoms with E-state index in [1.807, 2.05) is 35.9 Å². The number of rotatable bonds is 8. The second kappa shape index (κ2) is 8.88. The van der Waals surface area contributed by atoms with Crippen LogP contribution in [0.5, 0.6) is 0 Å². The molecule has 1 aromatic heterocycles. The average molecular weight is 454 g/mol. The molecule has 1 heterocycles. The first-order chi connectivity index (χ1) is 15.3. The molecule has 0 atom stereocenters. The van der Waals surface area contributed by atoms with E-state index in [9.17, 15) is 13.2 Å². The smallest absolute Gasteiger partial charge is 0.341 e. The third kappa shape index (κ3) is 4.47. The van der Waals surface area contributed by atoms with Crippen molar-refractivity contribution in [1.82, 2.24) is 9.78 Å². The highest BCUT2D eigenvalue weighted by atomic mass is 32.2. The van der Waals surface area contributed by atoms with E-state index in [1.54, 1.807) is 25.1 Å². The largest absolute Gasteiger partial charge is 0.462 e. The van der Waals surface area contributed by atoms with Crippen LogP contribution in [-0.2, 0) is 27.7 Å². The molecule has 0 unspecified atom stereocenters. The Bertz CT molecular complexity index is 1240. The van der Waals surface area contributed by atoms with Crippen LogP contribution >= 0.6 is 0 Å². The minimum Gasteiger partial charge on any atom is -0.462 e. The number of sulfonamides is 1. The molecular weight excluding hydrogens is 426 g/mol. The van der Waals surface area contributed by atoms with Crippen LogP contribution in [0.3, 0.4) is 0 Å². The lowest BCUT2D eigenvalue weighted by molar-refractivity contribution is 0.0523. The molecule has 1 saturated carbocycles. The van der Waals surface area contributed by atoms with Crippen molar-refractivity contribution in [3.05, 3.63) is 71.0 Å². The molecule has 2 aromatic carbocycles. The number of nitrogens with zero attached hydrogens (tertiary/aromatic N) is 2. The Morgan fingerprint density at radius 3 is 2.41 bits per heavy atom. The van der Waals surface area contributed by atoms with Gasteiger partial charge in [-0.05, 0) is 43.9 Å². The number of hydrogen-bond donors (Lipinski definition) is 1. The van der Waals surface area contributed by atoms with E-state index in [2.05, 4.69) is 0 Å². The number of nitrogens with two attached hydrogens (primary N) is 1. The van der Waals surface area contributed by atoms with Crippen molar-refractivity contribution in [2.75, 3.05) is 6.61 Å². The lowest BCUT2D eigenvalue weighted by atomic mass is 10.00. The van der Waals surface area contributed by atoms with Gasteiger partial charge in [-0.2, -0.15) is 5.10 Å².